The van der Waals surface area contributed by atoms with Crippen molar-refractivity contribution in [3.05, 3.63) is 65.5 Å². The van der Waals surface area contributed by atoms with E-state index in [4.69, 9.17) is 5.73 Å². The van der Waals surface area contributed by atoms with E-state index in [9.17, 15) is 18.3 Å². The summed E-state index contributed by atoms with van der Waals surface area (Å²) in [4.78, 5) is 8.32. The van der Waals surface area contributed by atoms with Gasteiger partial charge in [0.1, 0.15) is 12.1 Å². The van der Waals surface area contributed by atoms with E-state index in [1.807, 2.05) is 18.2 Å². The zero-order valence-corrected chi connectivity index (χ0v) is 14.7. The minimum atomic E-state index is -4.46. The summed E-state index contributed by atoms with van der Waals surface area (Å²) in [7, 11) is 0. The molecule has 8 heteroatoms. The number of aromatic nitrogens is 2. The predicted molar refractivity (Wildman–Crippen MR) is 100 cm³/mol. The van der Waals surface area contributed by atoms with Gasteiger partial charge in [0.15, 0.2) is 0 Å². The van der Waals surface area contributed by atoms with Gasteiger partial charge < -0.3 is 16.2 Å². The Morgan fingerprint density at radius 2 is 1.89 bits per heavy atom. The molecule has 0 radical (unpaired) electrons. The van der Waals surface area contributed by atoms with Gasteiger partial charge >= 0.3 is 6.18 Å². The highest BCUT2D eigenvalue weighted by Crippen LogP contribution is 2.35. The summed E-state index contributed by atoms with van der Waals surface area (Å²) in [6.07, 6.45) is -2.36. The van der Waals surface area contributed by atoms with E-state index in [1.54, 1.807) is 6.07 Å². The molecule has 0 amide bonds. The lowest BCUT2D eigenvalue weighted by Gasteiger charge is -2.13. The molecule has 3 aromatic rings. The molecule has 1 unspecified atom stereocenters. The molecule has 0 fully saturated rings. The van der Waals surface area contributed by atoms with Crippen LogP contribution in [0, 0.1) is 0 Å². The van der Waals surface area contributed by atoms with E-state index >= 15 is 0 Å². The number of alkyl halides is 3. The maximum Gasteiger partial charge on any atom is 0.416 e. The number of rotatable bonds is 3. The van der Waals surface area contributed by atoms with E-state index in [-0.39, 0.29) is 5.69 Å². The second kappa shape index (κ2) is 6.79. The number of nitrogens with zero attached hydrogens (tertiary/aromatic N) is 2. The Labute approximate surface area is 159 Å². The molecule has 0 spiro atoms. The molecule has 0 saturated heterocycles. The van der Waals surface area contributed by atoms with Crippen molar-refractivity contribution in [2.24, 2.45) is 0 Å². The number of hydrogen-bond acceptors (Lipinski definition) is 5. The molecule has 1 aromatic heterocycles. The average molecular weight is 386 g/mol. The molecule has 0 saturated carbocycles. The molecular formula is C20H17F3N4O. The lowest BCUT2D eigenvalue weighted by atomic mass is 10.1. The van der Waals surface area contributed by atoms with Crippen molar-refractivity contribution in [1.82, 2.24) is 9.97 Å². The van der Waals surface area contributed by atoms with Crippen molar-refractivity contribution in [3.8, 4) is 11.3 Å². The van der Waals surface area contributed by atoms with Crippen molar-refractivity contribution in [2.45, 2.75) is 25.1 Å². The summed E-state index contributed by atoms with van der Waals surface area (Å²) in [5.41, 5.74) is 8.77. The second-order valence-corrected chi connectivity index (χ2v) is 6.72. The van der Waals surface area contributed by atoms with E-state index in [0.717, 1.165) is 28.9 Å². The van der Waals surface area contributed by atoms with E-state index in [2.05, 4.69) is 15.3 Å². The third kappa shape index (κ3) is 3.50. The van der Waals surface area contributed by atoms with Crippen molar-refractivity contribution in [2.75, 3.05) is 11.1 Å². The summed E-state index contributed by atoms with van der Waals surface area (Å²) < 4.78 is 38.5. The fourth-order valence-electron chi connectivity index (χ4n) is 3.43. The zero-order valence-electron chi connectivity index (χ0n) is 14.7. The van der Waals surface area contributed by atoms with Crippen LogP contribution in [0.1, 0.15) is 16.7 Å². The number of anilines is 3. The van der Waals surface area contributed by atoms with Crippen molar-refractivity contribution >= 4 is 17.2 Å². The van der Waals surface area contributed by atoms with Gasteiger partial charge in [0.05, 0.1) is 17.4 Å². The first kappa shape index (κ1) is 18.2. The molecule has 1 aliphatic rings. The average Bonchev–Trinajstić information content (AvgIpc) is 3.02. The Morgan fingerprint density at radius 3 is 2.64 bits per heavy atom. The minimum absolute atomic E-state index is 0.0109. The summed E-state index contributed by atoms with van der Waals surface area (Å²) >= 11 is 0. The molecule has 0 aliphatic heterocycles. The Balaban J connectivity index is 1.64. The lowest BCUT2D eigenvalue weighted by Crippen LogP contribution is -2.06. The molecule has 1 heterocycles. The van der Waals surface area contributed by atoms with Gasteiger partial charge in [0.2, 0.25) is 0 Å². The minimum Gasteiger partial charge on any atom is -0.398 e. The quantitative estimate of drug-likeness (QED) is 0.594. The first-order valence-electron chi connectivity index (χ1n) is 8.66. The summed E-state index contributed by atoms with van der Waals surface area (Å²) in [6.45, 7) is 0. The number of fused-ring (bicyclic) bond motifs is 1. The second-order valence-electron chi connectivity index (χ2n) is 6.72. The van der Waals surface area contributed by atoms with Crippen LogP contribution in [-0.2, 0) is 19.0 Å². The SMILES string of the molecule is Nc1cc(C(F)(F)F)ccc1-c1cc(Nc2cccc3c2CC(O)C3)ncn1. The number of nitrogen functional groups attached to an aromatic ring is 1. The van der Waals surface area contributed by atoms with Crippen LogP contribution in [0.5, 0.6) is 0 Å². The number of nitrogens with one attached hydrogen (secondary N) is 1. The Morgan fingerprint density at radius 1 is 1.07 bits per heavy atom. The van der Waals surface area contributed by atoms with Crippen LogP contribution in [0.3, 0.4) is 0 Å². The topological polar surface area (TPSA) is 84.1 Å². The molecular weight excluding hydrogens is 369 g/mol. The molecule has 2 aromatic carbocycles. The van der Waals surface area contributed by atoms with Crippen LogP contribution in [0.25, 0.3) is 11.3 Å². The first-order chi connectivity index (χ1) is 13.3. The first-order valence-corrected chi connectivity index (χ1v) is 8.66. The van der Waals surface area contributed by atoms with Crippen LogP contribution >= 0.6 is 0 Å². The van der Waals surface area contributed by atoms with Gasteiger partial charge in [-0.1, -0.05) is 18.2 Å². The van der Waals surface area contributed by atoms with Crippen molar-refractivity contribution in [3.63, 3.8) is 0 Å². The number of halogens is 3. The number of benzene rings is 2. The molecule has 28 heavy (non-hydrogen) atoms. The van der Waals surface area contributed by atoms with Gasteiger partial charge in [-0.3, -0.25) is 0 Å². The van der Waals surface area contributed by atoms with Crippen LogP contribution in [0.4, 0.5) is 30.4 Å². The monoisotopic (exact) mass is 386 g/mol. The maximum absolute atomic E-state index is 12.8. The Hall–Kier alpha value is -3.13. The van der Waals surface area contributed by atoms with Gasteiger partial charge in [-0.25, -0.2) is 9.97 Å². The summed E-state index contributed by atoms with van der Waals surface area (Å²) in [5.74, 6) is 0.485. The number of nitrogens with two attached hydrogens (primary N) is 1. The largest absolute Gasteiger partial charge is 0.416 e. The number of aliphatic hydroxyl groups excluding tert-OH is 1. The maximum atomic E-state index is 12.8. The van der Waals surface area contributed by atoms with E-state index in [0.29, 0.717) is 29.9 Å². The highest BCUT2D eigenvalue weighted by atomic mass is 19.4. The molecule has 144 valence electrons. The molecule has 4 N–H and O–H groups in total. The number of hydrogen-bond donors (Lipinski definition) is 3. The Kier molecular flexibility index (Phi) is 4.43. The standard InChI is InChI=1S/C20H17F3N4O/c21-20(22,23)12-4-5-14(16(24)7-12)18-9-19(26-10-25-18)27-17-3-1-2-11-6-13(28)8-15(11)17/h1-5,7,9-10,13,28H,6,8,24H2,(H,25,26,27). The van der Waals surface area contributed by atoms with Crippen LogP contribution in [-0.4, -0.2) is 21.2 Å². The fraction of sp³-hybridized carbons (Fsp3) is 0.200. The van der Waals surface area contributed by atoms with Crippen LogP contribution in [0.2, 0.25) is 0 Å². The van der Waals surface area contributed by atoms with Crippen LogP contribution < -0.4 is 11.1 Å². The third-order valence-corrected chi connectivity index (χ3v) is 4.75. The number of aliphatic hydroxyl groups is 1. The predicted octanol–water partition coefficient (Wildman–Crippen LogP) is 3.95. The van der Waals surface area contributed by atoms with E-state index in [1.165, 1.54) is 12.4 Å². The summed E-state index contributed by atoms with van der Waals surface area (Å²) in [6, 6.07) is 10.6. The normalized spacial score (nSPS) is 16.1. The molecule has 4 rings (SSSR count). The lowest BCUT2D eigenvalue weighted by molar-refractivity contribution is -0.137. The fourth-order valence-corrected chi connectivity index (χ4v) is 3.43. The molecule has 1 aliphatic carbocycles. The van der Waals surface area contributed by atoms with Gasteiger partial charge in [0, 0.05) is 29.4 Å². The van der Waals surface area contributed by atoms with Gasteiger partial charge in [-0.15, -0.1) is 0 Å². The zero-order chi connectivity index (χ0) is 19.9. The highest BCUT2D eigenvalue weighted by Gasteiger charge is 2.31. The van der Waals surface area contributed by atoms with E-state index < -0.39 is 17.8 Å². The van der Waals surface area contributed by atoms with Gasteiger partial charge in [0.25, 0.3) is 0 Å². The molecule has 1 atom stereocenters. The third-order valence-electron chi connectivity index (χ3n) is 4.75. The molecule has 5 nitrogen and oxygen atoms in total. The Bertz CT molecular complexity index is 1040. The van der Waals surface area contributed by atoms with Crippen molar-refractivity contribution < 1.29 is 18.3 Å². The smallest absolute Gasteiger partial charge is 0.398 e. The van der Waals surface area contributed by atoms with Crippen molar-refractivity contribution in [1.29, 1.82) is 0 Å². The molecule has 0 bridgehead atoms. The van der Waals surface area contributed by atoms with Crippen LogP contribution in [0.15, 0.2) is 48.8 Å². The highest BCUT2D eigenvalue weighted by molar-refractivity contribution is 5.76. The summed E-state index contributed by atoms with van der Waals surface area (Å²) in [5, 5.41) is 13.1. The van der Waals surface area contributed by atoms with Gasteiger partial charge in [-0.2, -0.15) is 13.2 Å². The van der Waals surface area contributed by atoms with Gasteiger partial charge in [-0.05, 0) is 35.7 Å².